The third-order valence-corrected chi connectivity index (χ3v) is 3.80. The molecule has 0 aliphatic carbocycles. The summed E-state index contributed by atoms with van der Waals surface area (Å²) in [6.45, 7) is 1.13. The lowest BCUT2D eigenvalue weighted by atomic mass is 10.1. The van der Waals surface area contributed by atoms with Crippen LogP contribution in [-0.4, -0.2) is 32.1 Å². The third kappa shape index (κ3) is 2.67. The smallest absolute Gasteiger partial charge is 0.0412 e. The van der Waals surface area contributed by atoms with Gasteiger partial charge in [-0.3, -0.25) is 0 Å². The molecule has 1 aliphatic rings. The summed E-state index contributed by atoms with van der Waals surface area (Å²) in [5, 5.41) is 3.55. The first kappa shape index (κ1) is 10.8. The molecule has 1 aromatic rings. The van der Waals surface area contributed by atoms with Crippen LogP contribution in [0.15, 0.2) is 24.3 Å². The highest BCUT2D eigenvalue weighted by Crippen LogP contribution is 2.23. The molecular weight excluding hydrogens is 204 g/mol. The maximum atomic E-state index is 3.55. The molecule has 1 fully saturated rings. The van der Waals surface area contributed by atoms with Crippen LogP contribution in [-0.2, 0) is 0 Å². The maximum Gasteiger partial charge on any atom is 0.0412 e. The van der Waals surface area contributed by atoms with Crippen LogP contribution in [0.2, 0.25) is 0 Å². The Labute approximate surface area is 96.0 Å². The van der Waals surface area contributed by atoms with E-state index < -0.39 is 0 Å². The van der Waals surface area contributed by atoms with E-state index in [1.165, 1.54) is 22.8 Å². The van der Waals surface area contributed by atoms with Gasteiger partial charge in [-0.1, -0.05) is 12.1 Å². The summed E-state index contributed by atoms with van der Waals surface area (Å²) in [6, 6.07) is 9.39. The van der Waals surface area contributed by atoms with Gasteiger partial charge in [-0.05, 0) is 17.7 Å². The molecule has 15 heavy (non-hydrogen) atoms. The molecule has 1 unspecified atom stereocenters. The summed E-state index contributed by atoms with van der Waals surface area (Å²) >= 11 is 2.04. The minimum atomic E-state index is 0.542. The Balaban J connectivity index is 2.08. The van der Waals surface area contributed by atoms with Crippen LogP contribution >= 0.6 is 11.8 Å². The fraction of sp³-hybridized carbons (Fsp3) is 0.500. The van der Waals surface area contributed by atoms with Crippen molar-refractivity contribution >= 4 is 17.4 Å². The predicted octanol–water partition coefficient (Wildman–Crippen LogP) is 2.13. The normalized spacial score (nSPS) is 21.3. The topological polar surface area (TPSA) is 15.3 Å². The zero-order valence-electron chi connectivity index (χ0n) is 9.36. The van der Waals surface area contributed by atoms with Gasteiger partial charge in [0.25, 0.3) is 0 Å². The van der Waals surface area contributed by atoms with E-state index in [0.29, 0.717) is 6.04 Å². The van der Waals surface area contributed by atoms with Crippen LogP contribution in [0.1, 0.15) is 11.6 Å². The molecule has 2 nitrogen and oxygen atoms in total. The Kier molecular flexibility index (Phi) is 3.54. The van der Waals surface area contributed by atoms with Crippen molar-refractivity contribution in [1.29, 1.82) is 0 Å². The molecule has 82 valence electrons. The van der Waals surface area contributed by atoms with Crippen LogP contribution in [0, 0.1) is 0 Å². The van der Waals surface area contributed by atoms with E-state index in [0.717, 1.165) is 6.54 Å². The Morgan fingerprint density at radius 2 is 2.00 bits per heavy atom. The molecule has 1 aliphatic heterocycles. The van der Waals surface area contributed by atoms with Crippen LogP contribution in [0.3, 0.4) is 0 Å². The van der Waals surface area contributed by atoms with Crippen LogP contribution < -0.4 is 10.2 Å². The van der Waals surface area contributed by atoms with E-state index in [1.807, 2.05) is 11.8 Å². The van der Waals surface area contributed by atoms with E-state index in [2.05, 4.69) is 48.6 Å². The predicted molar refractivity (Wildman–Crippen MR) is 68.8 cm³/mol. The highest BCUT2D eigenvalue weighted by atomic mass is 32.2. The number of hydrogen-bond donors (Lipinski definition) is 1. The van der Waals surface area contributed by atoms with Gasteiger partial charge in [-0.15, -0.1) is 0 Å². The highest BCUT2D eigenvalue weighted by Gasteiger charge is 2.14. The summed E-state index contributed by atoms with van der Waals surface area (Å²) < 4.78 is 0. The molecule has 3 heteroatoms. The third-order valence-electron chi connectivity index (χ3n) is 2.73. The van der Waals surface area contributed by atoms with Gasteiger partial charge in [-0.2, -0.15) is 11.8 Å². The molecular formula is C12H18N2S. The lowest BCUT2D eigenvalue weighted by molar-refractivity contribution is 0.595. The van der Waals surface area contributed by atoms with Crippen molar-refractivity contribution in [3.8, 4) is 0 Å². The zero-order chi connectivity index (χ0) is 10.7. The highest BCUT2D eigenvalue weighted by molar-refractivity contribution is 7.99. The molecule has 1 N–H and O–H groups in total. The van der Waals surface area contributed by atoms with Gasteiger partial charge in [0.05, 0.1) is 0 Å². The van der Waals surface area contributed by atoms with E-state index in [1.54, 1.807) is 0 Å². The zero-order valence-corrected chi connectivity index (χ0v) is 10.2. The fourth-order valence-electron chi connectivity index (χ4n) is 1.78. The summed E-state index contributed by atoms with van der Waals surface area (Å²) in [6.07, 6.45) is 0. The van der Waals surface area contributed by atoms with Gasteiger partial charge in [0, 0.05) is 43.9 Å². The Morgan fingerprint density at radius 1 is 1.27 bits per heavy atom. The van der Waals surface area contributed by atoms with Gasteiger partial charge < -0.3 is 10.2 Å². The fourth-order valence-corrected chi connectivity index (χ4v) is 2.76. The first-order chi connectivity index (χ1) is 7.27. The number of nitrogens with one attached hydrogen (secondary N) is 1. The van der Waals surface area contributed by atoms with E-state index in [-0.39, 0.29) is 0 Å². The second kappa shape index (κ2) is 4.90. The van der Waals surface area contributed by atoms with Crippen LogP contribution in [0.4, 0.5) is 5.69 Å². The molecule has 0 bridgehead atoms. The average molecular weight is 222 g/mol. The molecule has 0 aromatic heterocycles. The molecule has 0 saturated carbocycles. The van der Waals surface area contributed by atoms with E-state index >= 15 is 0 Å². The summed E-state index contributed by atoms with van der Waals surface area (Å²) in [5.74, 6) is 2.44. The van der Waals surface area contributed by atoms with E-state index in [9.17, 15) is 0 Å². The van der Waals surface area contributed by atoms with Gasteiger partial charge in [0.1, 0.15) is 0 Å². The van der Waals surface area contributed by atoms with Gasteiger partial charge in [0.15, 0.2) is 0 Å². The molecule has 1 atom stereocenters. The van der Waals surface area contributed by atoms with Gasteiger partial charge in [0.2, 0.25) is 0 Å². The number of benzene rings is 1. The van der Waals surface area contributed by atoms with Gasteiger partial charge >= 0.3 is 0 Å². The van der Waals surface area contributed by atoms with Crippen LogP contribution in [0.5, 0.6) is 0 Å². The minimum absolute atomic E-state index is 0.542. The number of rotatable bonds is 2. The Hall–Kier alpha value is -0.670. The molecule has 1 aromatic carbocycles. The number of thioether (sulfide) groups is 1. The van der Waals surface area contributed by atoms with Crippen molar-refractivity contribution in [3.05, 3.63) is 29.8 Å². The molecule has 0 radical (unpaired) electrons. The first-order valence-electron chi connectivity index (χ1n) is 5.36. The first-order valence-corrected chi connectivity index (χ1v) is 6.51. The van der Waals surface area contributed by atoms with Crippen LogP contribution in [0.25, 0.3) is 0 Å². The standard InChI is InChI=1S/C12H18N2S/c1-14(2)11-5-3-10(4-6-11)12-9-15-8-7-13-12/h3-6,12-13H,7-9H2,1-2H3. The van der Waals surface area contributed by atoms with Crippen molar-refractivity contribution < 1.29 is 0 Å². The largest absolute Gasteiger partial charge is 0.378 e. The monoisotopic (exact) mass is 222 g/mol. The molecule has 1 heterocycles. The van der Waals surface area contributed by atoms with Crippen molar-refractivity contribution in [2.45, 2.75) is 6.04 Å². The Bertz CT molecular complexity index is 302. The van der Waals surface area contributed by atoms with E-state index in [4.69, 9.17) is 0 Å². The Morgan fingerprint density at radius 3 is 2.53 bits per heavy atom. The SMILES string of the molecule is CN(C)c1ccc(C2CSCCN2)cc1. The number of nitrogens with zero attached hydrogens (tertiary/aromatic N) is 1. The molecule has 0 spiro atoms. The van der Waals surface area contributed by atoms with Crippen molar-refractivity contribution in [2.24, 2.45) is 0 Å². The second-order valence-corrected chi connectivity index (χ2v) is 5.22. The number of hydrogen-bond acceptors (Lipinski definition) is 3. The summed E-state index contributed by atoms with van der Waals surface area (Å²) in [7, 11) is 4.15. The van der Waals surface area contributed by atoms with Crippen molar-refractivity contribution in [3.63, 3.8) is 0 Å². The maximum absolute atomic E-state index is 3.55. The summed E-state index contributed by atoms with van der Waals surface area (Å²) in [4.78, 5) is 2.13. The quantitative estimate of drug-likeness (QED) is 0.825. The minimum Gasteiger partial charge on any atom is -0.378 e. The number of anilines is 1. The average Bonchev–Trinajstić information content (AvgIpc) is 2.30. The molecule has 2 rings (SSSR count). The van der Waals surface area contributed by atoms with Crippen molar-refractivity contribution in [1.82, 2.24) is 5.32 Å². The lowest BCUT2D eigenvalue weighted by Gasteiger charge is -2.24. The molecule has 0 amide bonds. The van der Waals surface area contributed by atoms with Crippen molar-refractivity contribution in [2.75, 3.05) is 37.0 Å². The molecule has 1 saturated heterocycles. The lowest BCUT2D eigenvalue weighted by Crippen LogP contribution is -2.30. The summed E-state index contributed by atoms with van der Waals surface area (Å²) in [5.41, 5.74) is 2.68. The van der Waals surface area contributed by atoms with Gasteiger partial charge in [-0.25, -0.2) is 0 Å². The second-order valence-electron chi connectivity index (χ2n) is 4.07.